The number of rotatable bonds is 4. The second kappa shape index (κ2) is 8.32. The van der Waals surface area contributed by atoms with Crippen LogP contribution in [-0.2, 0) is 0 Å². The Morgan fingerprint density at radius 2 is 2.05 bits per heavy atom. The maximum Gasteiger partial charge on any atom is 0.319 e. The SMILES string of the molecule is Cc1ccc(NC(=O)NCC#CCOc2cccnc2)cc1. The lowest BCUT2D eigenvalue weighted by Crippen LogP contribution is -2.28. The van der Waals surface area contributed by atoms with E-state index in [0.29, 0.717) is 5.75 Å². The fraction of sp³-hybridized carbons (Fsp3) is 0.176. The Morgan fingerprint density at radius 3 is 2.77 bits per heavy atom. The van der Waals surface area contributed by atoms with Gasteiger partial charge in [0.2, 0.25) is 0 Å². The summed E-state index contributed by atoms with van der Waals surface area (Å²) in [5, 5.41) is 5.38. The maximum absolute atomic E-state index is 11.6. The molecule has 0 spiro atoms. The molecule has 0 saturated heterocycles. The number of carbonyl (C=O) groups is 1. The molecule has 5 nitrogen and oxygen atoms in total. The molecule has 5 heteroatoms. The van der Waals surface area contributed by atoms with Gasteiger partial charge in [0.05, 0.1) is 12.7 Å². The fourth-order valence-corrected chi connectivity index (χ4v) is 1.60. The quantitative estimate of drug-likeness (QED) is 0.852. The van der Waals surface area contributed by atoms with Gasteiger partial charge in [-0.15, -0.1) is 0 Å². The molecule has 0 radical (unpaired) electrons. The molecule has 1 heterocycles. The summed E-state index contributed by atoms with van der Waals surface area (Å²) >= 11 is 0. The number of hydrogen-bond donors (Lipinski definition) is 2. The van der Waals surface area contributed by atoms with Gasteiger partial charge < -0.3 is 15.4 Å². The van der Waals surface area contributed by atoms with Gasteiger partial charge in [-0.25, -0.2) is 4.79 Å². The van der Waals surface area contributed by atoms with Crippen LogP contribution in [0.5, 0.6) is 5.75 Å². The van der Waals surface area contributed by atoms with Crippen LogP contribution in [-0.4, -0.2) is 24.2 Å². The van der Waals surface area contributed by atoms with Gasteiger partial charge in [-0.1, -0.05) is 29.5 Å². The molecule has 0 aliphatic heterocycles. The standard InChI is InChI=1S/C17H17N3O2/c1-14-6-8-15(9-7-14)20-17(21)19-11-2-3-12-22-16-5-4-10-18-13-16/h4-10,13H,11-12H2,1H3,(H2,19,20,21). The molecular formula is C17H17N3O2. The number of carbonyl (C=O) groups excluding carboxylic acids is 1. The Hall–Kier alpha value is -3.00. The van der Waals surface area contributed by atoms with E-state index in [0.717, 1.165) is 11.3 Å². The number of amides is 2. The van der Waals surface area contributed by atoms with Crippen molar-refractivity contribution in [1.29, 1.82) is 0 Å². The zero-order valence-electron chi connectivity index (χ0n) is 12.3. The molecule has 0 saturated carbocycles. The van der Waals surface area contributed by atoms with Crippen LogP contribution in [0.25, 0.3) is 0 Å². The van der Waals surface area contributed by atoms with Crippen molar-refractivity contribution in [1.82, 2.24) is 10.3 Å². The number of pyridine rings is 1. The van der Waals surface area contributed by atoms with E-state index in [9.17, 15) is 4.79 Å². The Morgan fingerprint density at radius 1 is 1.23 bits per heavy atom. The normalized spacial score (nSPS) is 9.32. The molecule has 1 aromatic heterocycles. The topological polar surface area (TPSA) is 63.2 Å². The maximum atomic E-state index is 11.6. The monoisotopic (exact) mass is 295 g/mol. The van der Waals surface area contributed by atoms with Gasteiger partial charge in [0.15, 0.2) is 0 Å². The van der Waals surface area contributed by atoms with Gasteiger partial charge in [-0.3, -0.25) is 4.98 Å². The minimum atomic E-state index is -0.286. The van der Waals surface area contributed by atoms with Gasteiger partial charge in [0, 0.05) is 11.9 Å². The molecule has 0 fully saturated rings. The summed E-state index contributed by atoms with van der Waals surface area (Å²) in [6.45, 7) is 2.51. The Balaban J connectivity index is 1.65. The summed E-state index contributed by atoms with van der Waals surface area (Å²) in [6, 6.07) is 10.9. The molecule has 2 aromatic rings. The van der Waals surface area contributed by atoms with Crippen molar-refractivity contribution >= 4 is 11.7 Å². The lowest BCUT2D eigenvalue weighted by Gasteiger charge is -2.05. The Labute approximate surface area is 129 Å². The van der Waals surface area contributed by atoms with Crippen LogP contribution in [0.4, 0.5) is 10.5 Å². The summed E-state index contributed by atoms with van der Waals surface area (Å²) in [5.74, 6) is 6.30. The van der Waals surface area contributed by atoms with Gasteiger partial charge in [-0.2, -0.15) is 0 Å². The number of aryl methyl sites for hydroxylation is 1. The first-order valence-electron chi connectivity index (χ1n) is 6.84. The highest BCUT2D eigenvalue weighted by molar-refractivity contribution is 5.89. The molecule has 2 amide bonds. The van der Waals surface area contributed by atoms with Crippen molar-refractivity contribution in [3.05, 3.63) is 54.4 Å². The van der Waals surface area contributed by atoms with Gasteiger partial charge in [0.25, 0.3) is 0 Å². The van der Waals surface area contributed by atoms with Crippen molar-refractivity contribution < 1.29 is 9.53 Å². The van der Waals surface area contributed by atoms with E-state index in [1.165, 1.54) is 0 Å². The summed E-state index contributed by atoms with van der Waals surface area (Å²) in [6.07, 6.45) is 3.30. The zero-order chi connectivity index (χ0) is 15.6. The Bertz CT molecular complexity index is 658. The highest BCUT2D eigenvalue weighted by atomic mass is 16.5. The van der Waals surface area contributed by atoms with E-state index in [1.807, 2.05) is 37.3 Å². The number of nitrogens with zero attached hydrogens (tertiary/aromatic N) is 1. The smallest absolute Gasteiger partial charge is 0.319 e. The van der Waals surface area contributed by atoms with Crippen LogP contribution in [0.3, 0.4) is 0 Å². The van der Waals surface area contributed by atoms with Crippen LogP contribution >= 0.6 is 0 Å². The van der Waals surface area contributed by atoms with E-state index in [2.05, 4.69) is 27.5 Å². The molecule has 22 heavy (non-hydrogen) atoms. The van der Waals surface area contributed by atoms with Gasteiger partial charge in [-0.05, 0) is 31.2 Å². The van der Waals surface area contributed by atoms with Crippen molar-refractivity contribution in [2.75, 3.05) is 18.5 Å². The third kappa shape index (κ3) is 5.55. The molecule has 2 N–H and O–H groups in total. The first-order valence-corrected chi connectivity index (χ1v) is 6.84. The Kier molecular flexibility index (Phi) is 5.82. The first kappa shape index (κ1) is 15.4. The summed E-state index contributed by atoms with van der Waals surface area (Å²) in [4.78, 5) is 15.6. The number of ether oxygens (including phenoxy) is 1. The summed E-state index contributed by atoms with van der Waals surface area (Å²) in [5.41, 5.74) is 1.89. The number of urea groups is 1. The summed E-state index contributed by atoms with van der Waals surface area (Å²) in [7, 11) is 0. The third-order valence-corrected chi connectivity index (χ3v) is 2.72. The second-order valence-corrected chi connectivity index (χ2v) is 4.50. The number of hydrogen-bond acceptors (Lipinski definition) is 3. The average Bonchev–Trinajstić information content (AvgIpc) is 2.54. The van der Waals surface area contributed by atoms with Crippen molar-refractivity contribution in [2.45, 2.75) is 6.92 Å². The molecule has 1 aromatic carbocycles. The largest absolute Gasteiger partial charge is 0.479 e. The summed E-state index contributed by atoms with van der Waals surface area (Å²) < 4.78 is 5.36. The minimum Gasteiger partial charge on any atom is -0.479 e. The molecular weight excluding hydrogens is 278 g/mol. The van der Waals surface area contributed by atoms with Gasteiger partial charge >= 0.3 is 6.03 Å². The zero-order valence-corrected chi connectivity index (χ0v) is 12.3. The van der Waals surface area contributed by atoms with E-state index >= 15 is 0 Å². The van der Waals surface area contributed by atoms with Crippen LogP contribution in [0.15, 0.2) is 48.8 Å². The van der Waals surface area contributed by atoms with E-state index in [4.69, 9.17) is 4.74 Å². The predicted octanol–water partition coefficient (Wildman–Crippen LogP) is 2.59. The van der Waals surface area contributed by atoms with E-state index < -0.39 is 0 Å². The number of nitrogens with one attached hydrogen (secondary N) is 2. The van der Waals surface area contributed by atoms with Crippen molar-refractivity contribution in [2.24, 2.45) is 0 Å². The van der Waals surface area contributed by atoms with Crippen LogP contribution in [0.1, 0.15) is 5.56 Å². The van der Waals surface area contributed by atoms with E-state index in [1.54, 1.807) is 18.5 Å². The highest BCUT2D eigenvalue weighted by Gasteiger charge is 1.98. The lowest BCUT2D eigenvalue weighted by molar-refractivity contribution is 0.253. The van der Waals surface area contributed by atoms with Crippen molar-refractivity contribution in [3.8, 4) is 17.6 Å². The molecule has 0 aliphatic rings. The predicted molar refractivity (Wildman–Crippen MR) is 85.7 cm³/mol. The molecule has 0 bridgehead atoms. The van der Waals surface area contributed by atoms with Gasteiger partial charge in [0.1, 0.15) is 12.4 Å². The molecule has 0 unspecified atom stereocenters. The van der Waals surface area contributed by atoms with Crippen LogP contribution in [0, 0.1) is 18.8 Å². The molecule has 2 rings (SSSR count). The molecule has 0 atom stereocenters. The average molecular weight is 295 g/mol. The molecule has 112 valence electrons. The molecule has 0 aliphatic carbocycles. The number of aromatic nitrogens is 1. The van der Waals surface area contributed by atoms with Crippen LogP contribution in [0.2, 0.25) is 0 Å². The third-order valence-electron chi connectivity index (χ3n) is 2.72. The van der Waals surface area contributed by atoms with Crippen LogP contribution < -0.4 is 15.4 Å². The van der Waals surface area contributed by atoms with E-state index in [-0.39, 0.29) is 19.2 Å². The van der Waals surface area contributed by atoms with Crippen molar-refractivity contribution in [3.63, 3.8) is 0 Å². The number of benzene rings is 1. The first-order chi connectivity index (χ1) is 10.7. The lowest BCUT2D eigenvalue weighted by atomic mass is 10.2. The number of anilines is 1. The second-order valence-electron chi connectivity index (χ2n) is 4.50. The fourth-order valence-electron chi connectivity index (χ4n) is 1.60. The highest BCUT2D eigenvalue weighted by Crippen LogP contribution is 2.08. The minimum absolute atomic E-state index is 0.257.